The van der Waals surface area contributed by atoms with E-state index in [1.165, 1.54) is 17.0 Å². The molecule has 0 radical (unpaired) electrons. The first-order valence-electron chi connectivity index (χ1n) is 9.04. The van der Waals surface area contributed by atoms with Crippen LogP contribution in [-0.2, 0) is 22.7 Å². The van der Waals surface area contributed by atoms with Crippen LogP contribution in [0.2, 0.25) is 5.02 Å². The number of nitrogens with zero attached hydrogens (tertiary/aromatic N) is 2. The van der Waals surface area contributed by atoms with E-state index in [2.05, 4.69) is 15.5 Å². The maximum Gasteiger partial charge on any atom is 0.264 e. The van der Waals surface area contributed by atoms with Gasteiger partial charge in [-0.25, -0.2) is 4.39 Å². The van der Waals surface area contributed by atoms with Gasteiger partial charge in [-0.05, 0) is 29.8 Å². The van der Waals surface area contributed by atoms with E-state index < -0.39 is 23.2 Å². The first-order chi connectivity index (χ1) is 13.9. The minimum atomic E-state index is -2.16. The van der Waals surface area contributed by atoms with Crippen LogP contribution in [0.4, 0.5) is 4.39 Å². The van der Waals surface area contributed by atoms with Gasteiger partial charge in [0.15, 0.2) is 0 Å². The highest BCUT2D eigenvalue weighted by Crippen LogP contribution is 2.26. The van der Waals surface area contributed by atoms with Crippen molar-refractivity contribution in [2.24, 2.45) is 0 Å². The SMILES string of the molecule is O=C(NCc1cc(F)cc(Cl)c1)[C@@]1(O)CCN(Cc2n[nH]c3ccccc23)C1=O. The van der Waals surface area contributed by atoms with Gasteiger partial charge < -0.3 is 15.3 Å². The molecule has 2 aromatic carbocycles. The molecule has 1 aromatic heterocycles. The van der Waals surface area contributed by atoms with Gasteiger partial charge in [-0.3, -0.25) is 14.7 Å². The van der Waals surface area contributed by atoms with E-state index in [4.69, 9.17) is 11.6 Å². The van der Waals surface area contributed by atoms with Crippen molar-refractivity contribution in [1.82, 2.24) is 20.4 Å². The molecule has 3 N–H and O–H groups in total. The number of amides is 2. The molecule has 29 heavy (non-hydrogen) atoms. The molecule has 2 amide bonds. The summed E-state index contributed by atoms with van der Waals surface area (Å²) in [6.07, 6.45) is -0.0378. The van der Waals surface area contributed by atoms with Crippen molar-refractivity contribution in [2.45, 2.75) is 25.1 Å². The van der Waals surface area contributed by atoms with Gasteiger partial charge in [0.1, 0.15) is 5.82 Å². The maximum atomic E-state index is 13.4. The van der Waals surface area contributed by atoms with Crippen molar-refractivity contribution in [3.05, 3.63) is 64.6 Å². The van der Waals surface area contributed by atoms with E-state index in [0.717, 1.165) is 17.0 Å². The lowest BCUT2D eigenvalue weighted by molar-refractivity contribution is -0.154. The molecule has 1 atom stereocenters. The summed E-state index contributed by atoms with van der Waals surface area (Å²) in [5.41, 5.74) is -0.232. The maximum absolute atomic E-state index is 13.4. The van der Waals surface area contributed by atoms with E-state index >= 15 is 0 Å². The van der Waals surface area contributed by atoms with E-state index in [9.17, 15) is 19.1 Å². The molecule has 0 aliphatic carbocycles. The number of carbonyl (C=O) groups is 2. The van der Waals surface area contributed by atoms with Crippen LogP contribution in [-0.4, -0.2) is 44.2 Å². The predicted octanol–water partition coefficient (Wildman–Crippen LogP) is 2.14. The molecule has 0 bridgehead atoms. The first kappa shape index (κ1) is 19.4. The van der Waals surface area contributed by atoms with Crippen molar-refractivity contribution >= 4 is 34.3 Å². The fourth-order valence-corrected chi connectivity index (χ4v) is 3.74. The Balaban J connectivity index is 1.44. The van der Waals surface area contributed by atoms with Gasteiger partial charge in [0.25, 0.3) is 11.8 Å². The number of H-pyrrole nitrogens is 1. The molecular formula is C20H18ClFN4O3. The zero-order valence-electron chi connectivity index (χ0n) is 15.3. The number of rotatable bonds is 5. The van der Waals surface area contributed by atoms with Crippen LogP contribution >= 0.6 is 11.6 Å². The summed E-state index contributed by atoms with van der Waals surface area (Å²) in [6.45, 7) is 0.337. The van der Waals surface area contributed by atoms with Crippen LogP contribution < -0.4 is 5.32 Å². The van der Waals surface area contributed by atoms with Crippen LogP contribution in [0.1, 0.15) is 17.7 Å². The van der Waals surface area contributed by atoms with E-state index in [0.29, 0.717) is 11.3 Å². The fraction of sp³-hybridized carbons (Fsp3) is 0.250. The summed E-state index contributed by atoms with van der Waals surface area (Å²) < 4.78 is 13.4. The molecule has 0 unspecified atom stereocenters. The molecule has 1 saturated heterocycles. The molecule has 2 heterocycles. The van der Waals surface area contributed by atoms with Crippen LogP contribution in [0.25, 0.3) is 10.9 Å². The lowest BCUT2D eigenvalue weighted by Gasteiger charge is -2.21. The average molecular weight is 417 g/mol. The number of aliphatic hydroxyl groups is 1. The van der Waals surface area contributed by atoms with Gasteiger partial charge in [-0.2, -0.15) is 5.10 Å². The number of hydrogen-bond acceptors (Lipinski definition) is 4. The van der Waals surface area contributed by atoms with Crippen LogP contribution in [0.5, 0.6) is 0 Å². The molecule has 1 aliphatic heterocycles. The number of aromatic nitrogens is 2. The minimum Gasteiger partial charge on any atom is -0.372 e. The second-order valence-electron chi connectivity index (χ2n) is 7.01. The van der Waals surface area contributed by atoms with Gasteiger partial charge in [0, 0.05) is 29.9 Å². The third-order valence-electron chi connectivity index (χ3n) is 5.03. The number of halogens is 2. The Labute approximate surface area is 170 Å². The fourth-order valence-electron chi connectivity index (χ4n) is 3.49. The lowest BCUT2D eigenvalue weighted by atomic mass is 10.0. The Bertz CT molecular complexity index is 1080. The third kappa shape index (κ3) is 3.68. The molecule has 1 fully saturated rings. The topological polar surface area (TPSA) is 98.3 Å². The van der Waals surface area contributed by atoms with Gasteiger partial charge in [0.2, 0.25) is 5.60 Å². The van der Waals surface area contributed by atoms with Gasteiger partial charge in [0.05, 0.1) is 17.8 Å². The van der Waals surface area contributed by atoms with Crippen molar-refractivity contribution in [1.29, 1.82) is 0 Å². The summed E-state index contributed by atoms with van der Waals surface area (Å²) in [5, 5.41) is 21.4. The smallest absolute Gasteiger partial charge is 0.264 e. The average Bonchev–Trinajstić information content (AvgIpc) is 3.23. The minimum absolute atomic E-state index is 0.0378. The monoisotopic (exact) mass is 416 g/mol. The molecule has 150 valence electrons. The predicted molar refractivity (Wildman–Crippen MR) is 104 cm³/mol. The molecular weight excluding hydrogens is 399 g/mol. The molecule has 0 saturated carbocycles. The Hall–Kier alpha value is -2.97. The number of hydrogen-bond donors (Lipinski definition) is 3. The van der Waals surface area contributed by atoms with Crippen molar-refractivity contribution in [3.8, 4) is 0 Å². The van der Waals surface area contributed by atoms with Crippen molar-refractivity contribution in [2.75, 3.05) is 6.54 Å². The summed E-state index contributed by atoms with van der Waals surface area (Å²) in [6, 6.07) is 11.4. The van der Waals surface area contributed by atoms with Crippen LogP contribution in [0.15, 0.2) is 42.5 Å². The Morgan fingerprint density at radius 1 is 1.34 bits per heavy atom. The Kier molecular flexibility index (Phi) is 4.97. The molecule has 9 heteroatoms. The second kappa shape index (κ2) is 7.46. The lowest BCUT2D eigenvalue weighted by Crippen LogP contribution is -2.52. The van der Waals surface area contributed by atoms with Crippen molar-refractivity contribution < 1.29 is 19.1 Å². The normalized spacial score (nSPS) is 19.1. The molecule has 3 aromatic rings. The quantitative estimate of drug-likeness (QED) is 0.555. The van der Waals surface area contributed by atoms with E-state index in [1.807, 2.05) is 24.3 Å². The number of benzene rings is 2. The summed E-state index contributed by atoms with van der Waals surface area (Å²) >= 11 is 5.80. The van der Waals surface area contributed by atoms with Crippen LogP contribution in [0, 0.1) is 5.82 Å². The number of para-hydroxylation sites is 1. The molecule has 7 nitrogen and oxygen atoms in total. The van der Waals surface area contributed by atoms with E-state index in [1.54, 1.807) is 0 Å². The molecule has 1 aliphatic rings. The van der Waals surface area contributed by atoms with Gasteiger partial charge in [-0.15, -0.1) is 0 Å². The van der Waals surface area contributed by atoms with Gasteiger partial charge >= 0.3 is 0 Å². The highest BCUT2D eigenvalue weighted by Gasteiger charge is 2.51. The largest absolute Gasteiger partial charge is 0.372 e. The standard InChI is InChI=1S/C20H18ClFN4O3/c21-13-7-12(8-14(22)9-13)10-23-18(27)20(29)5-6-26(19(20)28)11-17-15-3-1-2-4-16(15)24-25-17/h1-4,7-9,29H,5-6,10-11H2,(H,23,27)(H,24,25)/t20-/m0/s1. The zero-order chi connectivity index (χ0) is 20.6. The highest BCUT2D eigenvalue weighted by molar-refractivity contribution is 6.30. The molecule has 0 spiro atoms. The number of carbonyl (C=O) groups excluding carboxylic acids is 2. The van der Waals surface area contributed by atoms with Crippen LogP contribution in [0.3, 0.4) is 0 Å². The molecule has 4 rings (SSSR count). The summed E-state index contributed by atoms with van der Waals surface area (Å²) in [5.74, 6) is -2.04. The van der Waals surface area contributed by atoms with Gasteiger partial charge in [-0.1, -0.05) is 29.8 Å². The highest BCUT2D eigenvalue weighted by atomic mass is 35.5. The zero-order valence-corrected chi connectivity index (χ0v) is 16.0. The first-order valence-corrected chi connectivity index (χ1v) is 9.41. The number of likely N-dealkylation sites (tertiary alicyclic amines) is 1. The second-order valence-corrected chi connectivity index (χ2v) is 7.45. The third-order valence-corrected chi connectivity index (χ3v) is 5.24. The number of nitrogens with one attached hydrogen (secondary N) is 2. The Morgan fingerprint density at radius 2 is 2.14 bits per heavy atom. The number of fused-ring (bicyclic) bond motifs is 1. The Morgan fingerprint density at radius 3 is 2.93 bits per heavy atom. The van der Waals surface area contributed by atoms with Crippen molar-refractivity contribution in [3.63, 3.8) is 0 Å². The summed E-state index contributed by atoms with van der Waals surface area (Å²) in [7, 11) is 0. The number of aromatic amines is 1. The van der Waals surface area contributed by atoms with E-state index in [-0.39, 0.29) is 31.1 Å². The summed E-state index contributed by atoms with van der Waals surface area (Å²) in [4.78, 5) is 26.7.